The van der Waals surface area contributed by atoms with Gasteiger partial charge in [0, 0.05) is 12.2 Å². The zero-order valence-corrected chi connectivity index (χ0v) is 10.8. The second kappa shape index (κ2) is 6.04. The number of para-hydroxylation sites is 1. The van der Waals surface area contributed by atoms with Crippen LogP contribution in [0.4, 0.5) is 0 Å². The lowest BCUT2D eigenvalue weighted by atomic mass is 10.3. The summed E-state index contributed by atoms with van der Waals surface area (Å²) in [5.41, 5.74) is 2.29. The van der Waals surface area contributed by atoms with Crippen LogP contribution in [-0.4, -0.2) is 16.1 Å². The summed E-state index contributed by atoms with van der Waals surface area (Å²) in [6.07, 6.45) is 1.91. The van der Waals surface area contributed by atoms with E-state index in [0.717, 1.165) is 23.8 Å². The molecule has 3 nitrogen and oxygen atoms in total. The average molecular weight is 239 g/mol. The van der Waals surface area contributed by atoms with Crippen molar-refractivity contribution in [3.05, 3.63) is 48.0 Å². The van der Waals surface area contributed by atoms with Crippen LogP contribution in [-0.2, 0) is 6.54 Å². The molecule has 0 unspecified atom stereocenters. The third-order valence-corrected chi connectivity index (χ3v) is 2.72. The SMILES string of the molecule is CC#CCNCc1cnc(C)n1-c1ccccc1. The lowest BCUT2D eigenvalue weighted by Gasteiger charge is -2.10. The molecular weight excluding hydrogens is 222 g/mol. The van der Waals surface area contributed by atoms with E-state index in [1.165, 1.54) is 0 Å². The van der Waals surface area contributed by atoms with Crippen LogP contribution in [0.5, 0.6) is 0 Å². The quantitative estimate of drug-likeness (QED) is 0.655. The Labute approximate surface area is 108 Å². The van der Waals surface area contributed by atoms with Crippen molar-refractivity contribution in [3.8, 4) is 17.5 Å². The van der Waals surface area contributed by atoms with E-state index in [1.807, 2.05) is 38.2 Å². The van der Waals surface area contributed by atoms with Gasteiger partial charge in [-0.05, 0) is 26.0 Å². The molecule has 0 aliphatic carbocycles. The monoisotopic (exact) mass is 239 g/mol. The molecule has 0 aliphatic heterocycles. The Morgan fingerprint density at radius 3 is 2.78 bits per heavy atom. The van der Waals surface area contributed by atoms with E-state index >= 15 is 0 Å². The third kappa shape index (κ3) is 2.79. The van der Waals surface area contributed by atoms with E-state index < -0.39 is 0 Å². The van der Waals surface area contributed by atoms with Crippen LogP contribution in [0.3, 0.4) is 0 Å². The van der Waals surface area contributed by atoms with Crippen molar-refractivity contribution in [2.75, 3.05) is 6.54 Å². The van der Waals surface area contributed by atoms with Gasteiger partial charge in [-0.2, -0.15) is 0 Å². The minimum atomic E-state index is 0.704. The van der Waals surface area contributed by atoms with Gasteiger partial charge in [-0.25, -0.2) is 4.98 Å². The highest BCUT2D eigenvalue weighted by atomic mass is 15.1. The van der Waals surface area contributed by atoms with Gasteiger partial charge in [0.05, 0.1) is 18.4 Å². The highest BCUT2D eigenvalue weighted by Gasteiger charge is 2.07. The van der Waals surface area contributed by atoms with Crippen molar-refractivity contribution in [2.24, 2.45) is 0 Å². The Hall–Kier alpha value is -2.05. The van der Waals surface area contributed by atoms with E-state index in [2.05, 4.69) is 38.8 Å². The summed E-state index contributed by atoms with van der Waals surface area (Å²) in [5, 5.41) is 3.29. The van der Waals surface area contributed by atoms with Gasteiger partial charge >= 0.3 is 0 Å². The van der Waals surface area contributed by atoms with Gasteiger partial charge in [0.1, 0.15) is 5.82 Å². The number of hydrogen-bond donors (Lipinski definition) is 1. The molecule has 0 atom stereocenters. The van der Waals surface area contributed by atoms with Crippen molar-refractivity contribution in [3.63, 3.8) is 0 Å². The van der Waals surface area contributed by atoms with Gasteiger partial charge in [-0.3, -0.25) is 4.57 Å². The first-order valence-corrected chi connectivity index (χ1v) is 6.02. The first-order valence-electron chi connectivity index (χ1n) is 6.02. The largest absolute Gasteiger partial charge is 0.301 e. The molecule has 0 bridgehead atoms. The Kier molecular flexibility index (Phi) is 4.16. The number of nitrogens with one attached hydrogen (secondary N) is 1. The minimum absolute atomic E-state index is 0.704. The third-order valence-electron chi connectivity index (χ3n) is 2.72. The molecule has 0 radical (unpaired) electrons. The van der Waals surface area contributed by atoms with Gasteiger partial charge < -0.3 is 5.32 Å². The van der Waals surface area contributed by atoms with Gasteiger partial charge in [0.25, 0.3) is 0 Å². The summed E-state index contributed by atoms with van der Waals surface area (Å²) < 4.78 is 2.16. The van der Waals surface area contributed by atoms with Gasteiger partial charge in [-0.15, -0.1) is 5.92 Å². The average Bonchev–Trinajstić information content (AvgIpc) is 2.77. The first kappa shape index (κ1) is 12.4. The molecule has 1 aromatic carbocycles. The Morgan fingerprint density at radius 2 is 2.06 bits per heavy atom. The topological polar surface area (TPSA) is 29.9 Å². The van der Waals surface area contributed by atoms with Crippen molar-refractivity contribution in [2.45, 2.75) is 20.4 Å². The second-order valence-electron chi connectivity index (χ2n) is 4.00. The zero-order valence-electron chi connectivity index (χ0n) is 10.8. The fourth-order valence-corrected chi connectivity index (χ4v) is 1.89. The second-order valence-corrected chi connectivity index (χ2v) is 4.00. The lowest BCUT2D eigenvalue weighted by molar-refractivity contribution is 0.727. The fourth-order valence-electron chi connectivity index (χ4n) is 1.89. The number of hydrogen-bond acceptors (Lipinski definition) is 2. The number of nitrogens with zero attached hydrogens (tertiary/aromatic N) is 2. The van der Waals surface area contributed by atoms with E-state index in [-0.39, 0.29) is 0 Å². The molecule has 18 heavy (non-hydrogen) atoms. The molecule has 0 fully saturated rings. The maximum absolute atomic E-state index is 4.38. The summed E-state index contributed by atoms with van der Waals surface area (Å²) in [5.74, 6) is 6.86. The van der Waals surface area contributed by atoms with Crippen LogP contribution < -0.4 is 5.32 Å². The number of rotatable bonds is 4. The van der Waals surface area contributed by atoms with Crippen molar-refractivity contribution >= 4 is 0 Å². The highest BCUT2D eigenvalue weighted by molar-refractivity contribution is 5.35. The smallest absolute Gasteiger partial charge is 0.110 e. The molecular formula is C15H17N3. The van der Waals surface area contributed by atoms with Gasteiger partial charge in [-0.1, -0.05) is 24.1 Å². The van der Waals surface area contributed by atoms with Crippen LogP contribution >= 0.6 is 0 Å². The zero-order chi connectivity index (χ0) is 12.8. The predicted molar refractivity (Wildman–Crippen MR) is 73.5 cm³/mol. The Bertz CT molecular complexity index is 558. The molecule has 1 N–H and O–H groups in total. The molecule has 1 heterocycles. The normalized spacial score (nSPS) is 9.89. The fraction of sp³-hybridized carbons (Fsp3) is 0.267. The Balaban J connectivity index is 2.19. The van der Waals surface area contributed by atoms with Crippen LogP contribution in [0.1, 0.15) is 18.4 Å². The summed E-state index contributed by atoms with van der Waals surface area (Å²) in [7, 11) is 0. The minimum Gasteiger partial charge on any atom is -0.301 e. The van der Waals surface area contributed by atoms with E-state index in [1.54, 1.807) is 0 Å². The summed E-state index contributed by atoms with van der Waals surface area (Å²) in [6.45, 7) is 5.34. The molecule has 0 spiro atoms. The van der Waals surface area contributed by atoms with E-state index in [9.17, 15) is 0 Å². The molecule has 3 heteroatoms. The number of benzene rings is 1. The maximum atomic E-state index is 4.38. The number of aryl methyl sites for hydroxylation is 1. The summed E-state index contributed by atoms with van der Waals surface area (Å²) >= 11 is 0. The molecule has 0 saturated carbocycles. The molecule has 1 aromatic heterocycles. The molecule has 0 saturated heterocycles. The van der Waals surface area contributed by atoms with Crippen LogP contribution in [0.25, 0.3) is 5.69 Å². The van der Waals surface area contributed by atoms with Crippen molar-refractivity contribution in [1.82, 2.24) is 14.9 Å². The van der Waals surface area contributed by atoms with Crippen molar-refractivity contribution < 1.29 is 0 Å². The first-order chi connectivity index (χ1) is 8.83. The summed E-state index contributed by atoms with van der Waals surface area (Å²) in [4.78, 5) is 4.38. The Morgan fingerprint density at radius 1 is 1.28 bits per heavy atom. The molecule has 2 rings (SSSR count). The van der Waals surface area contributed by atoms with E-state index in [4.69, 9.17) is 0 Å². The number of imidazole rings is 1. The summed E-state index contributed by atoms with van der Waals surface area (Å²) in [6, 6.07) is 10.3. The number of aromatic nitrogens is 2. The van der Waals surface area contributed by atoms with Crippen LogP contribution in [0.2, 0.25) is 0 Å². The van der Waals surface area contributed by atoms with Gasteiger partial charge in [0.2, 0.25) is 0 Å². The predicted octanol–water partition coefficient (Wildman–Crippen LogP) is 2.29. The van der Waals surface area contributed by atoms with Crippen LogP contribution in [0, 0.1) is 18.8 Å². The maximum Gasteiger partial charge on any atom is 0.110 e. The van der Waals surface area contributed by atoms with Gasteiger partial charge in [0.15, 0.2) is 0 Å². The van der Waals surface area contributed by atoms with Crippen LogP contribution in [0.15, 0.2) is 36.5 Å². The highest BCUT2D eigenvalue weighted by Crippen LogP contribution is 2.13. The molecule has 0 aliphatic rings. The molecule has 92 valence electrons. The van der Waals surface area contributed by atoms with E-state index in [0.29, 0.717) is 6.54 Å². The van der Waals surface area contributed by atoms with Crippen molar-refractivity contribution in [1.29, 1.82) is 0 Å². The lowest BCUT2D eigenvalue weighted by Crippen LogP contribution is -2.16. The standard InChI is InChI=1S/C15H17N3/c1-3-4-10-16-11-15-12-17-13(2)18(15)14-8-6-5-7-9-14/h5-9,12,16H,10-11H2,1-2H3. The molecule has 2 aromatic rings. The molecule has 0 amide bonds.